The maximum absolute atomic E-state index is 12.6. The lowest BCUT2D eigenvalue weighted by Gasteiger charge is -2.37. The molecule has 0 saturated carbocycles. The number of aromatic nitrogens is 2. The van der Waals surface area contributed by atoms with Crippen LogP contribution in [0.3, 0.4) is 0 Å². The van der Waals surface area contributed by atoms with E-state index in [1.807, 2.05) is 36.1 Å². The van der Waals surface area contributed by atoms with Gasteiger partial charge in [0.1, 0.15) is 0 Å². The van der Waals surface area contributed by atoms with E-state index in [9.17, 15) is 9.59 Å². The van der Waals surface area contributed by atoms with Gasteiger partial charge in [-0.3, -0.25) is 9.59 Å². The molecule has 148 valence electrons. The Balaban J connectivity index is 1.38. The molecule has 2 aliphatic rings. The SMILES string of the molecule is Cc1ccc(-c2ccc(=O)n(CCC(=O)N3CCC4(CC3)OCCO4)n2)cc1. The molecule has 28 heavy (non-hydrogen) atoms. The molecular weight excluding hydrogens is 358 g/mol. The third-order valence-electron chi connectivity index (χ3n) is 5.44. The Kier molecular flexibility index (Phi) is 5.28. The summed E-state index contributed by atoms with van der Waals surface area (Å²) in [5, 5.41) is 4.44. The fraction of sp³-hybridized carbons (Fsp3) is 0.476. The van der Waals surface area contributed by atoms with Crippen LogP contribution < -0.4 is 5.56 Å². The number of rotatable bonds is 4. The average Bonchev–Trinajstić information content (AvgIpc) is 3.16. The van der Waals surface area contributed by atoms with Gasteiger partial charge < -0.3 is 14.4 Å². The summed E-state index contributed by atoms with van der Waals surface area (Å²) >= 11 is 0. The summed E-state index contributed by atoms with van der Waals surface area (Å²) in [5.74, 6) is -0.459. The van der Waals surface area contributed by atoms with E-state index in [0.29, 0.717) is 39.1 Å². The quantitative estimate of drug-likeness (QED) is 0.807. The molecule has 1 aromatic heterocycles. The number of hydrogen-bond donors (Lipinski definition) is 0. The highest BCUT2D eigenvalue weighted by molar-refractivity contribution is 5.76. The van der Waals surface area contributed by atoms with Gasteiger partial charge in [0.05, 0.1) is 25.5 Å². The number of nitrogens with zero attached hydrogens (tertiary/aromatic N) is 3. The molecule has 4 rings (SSSR count). The normalized spacial score (nSPS) is 18.5. The van der Waals surface area contributed by atoms with Gasteiger partial charge in [-0.15, -0.1) is 0 Å². The smallest absolute Gasteiger partial charge is 0.266 e. The van der Waals surface area contributed by atoms with Gasteiger partial charge in [0.25, 0.3) is 5.56 Å². The summed E-state index contributed by atoms with van der Waals surface area (Å²) in [6.45, 7) is 4.78. The van der Waals surface area contributed by atoms with Crippen LogP contribution in [0.2, 0.25) is 0 Å². The number of piperidine rings is 1. The predicted octanol–water partition coefficient (Wildman–Crippen LogP) is 1.97. The van der Waals surface area contributed by atoms with Gasteiger partial charge in [-0.25, -0.2) is 4.68 Å². The first-order valence-corrected chi connectivity index (χ1v) is 9.76. The summed E-state index contributed by atoms with van der Waals surface area (Å²) in [6, 6.07) is 11.2. The van der Waals surface area contributed by atoms with E-state index in [1.54, 1.807) is 6.07 Å². The van der Waals surface area contributed by atoms with Gasteiger partial charge in [0.15, 0.2) is 5.79 Å². The van der Waals surface area contributed by atoms with E-state index >= 15 is 0 Å². The van der Waals surface area contributed by atoms with Crippen LogP contribution in [-0.2, 0) is 20.8 Å². The van der Waals surface area contributed by atoms with Crippen molar-refractivity contribution in [3.8, 4) is 11.3 Å². The third-order valence-corrected chi connectivity index (χ3v) is 5.44. The minimum atomic E-state index is -0.488. The zero-order valence-electron chi connectivity index (χ0n) is 16.1. The lowest BCUT2D eigenvalue weighted by Crippen LogP contribution is -2.47. The Morgan fingerprint density at radius 2 is 1.75 bits per heavy atom. The van der Waals surface area contributed by atoms with Crippen molar-refractivity contribution in [3.63, 3.8) is 0 Å². The topological polar surface area (TPSA) is 73.7 Å². The Morgan fingerprint density at radius 3 is 2.43 bits per heavy atom. The van der Waals surface area contributed by atoms with Crippen LogP contribution in [0.5, 0.6) is 0 Å². The number of benzene rings is 1. The summed E-state index contributed by atoms with van der Waals surface area (Å²) in [6.07, 6.45) is 1.64. The second kappa shape index (κ2) is 7.85. The van der Waals surface area contributed by atoms with Crippen LogP contribution in [0.25, 0.3) is 11.3 Å². The zero-order valence-corrected chi connectivity index (χ0v) is 16.1. The van der Waals surface area contributed by atoms with E-state index in [0.717, 1.165) is 11.3 Å². The molecule has 3 heterocycles. The molecule has 1 amide bonds. The van der Waals surface area contributed by atoms with E-state index in [2.05, 4.69) is 5.10 Å². The molecule has 2 aromatic rings. The fourth-order valence-corrected chi connectivity index (χ4v) is 3.73. The molecule has 1 aromatic carbocycles. The Bertz CT molecular complexity index is 891. The molecule has 2 fully saturated rings. The van der Waals surface area contributed by atoms with Crippen LogP contribution in [0.4, 0.5) is 0 Å². The highest BCUT2D eigenvalue weighted by Crippen LogP contribution is 2.31. The number of ether oxygens (including phenoxy) is 2. The van der Waals surface area contributed by atoms with Crippen LogP contribution >= 0.6 is 0 Å². The molecule has 7 heteroatoms. The zero-order chi connectivity index (χ0) is 19.6. The van der Waals surface area contributed by atoms with Gasteiger partial charge in [-0.05, 0) is 13.0 Å². The van der Waals surface area contributed by atoms with Crippen LogP contribution in [0.1, 0.15) is 24.8 Å². The van der Waals surface area contributed by atoms with Gasteiger partial charge >= 0.3 is 0 Å². The van der Waals surface area contributed by atoms with Crippen LogP contribution in [-0.4, -0.2) is 52.7 Å². The third kappa shape index (κ3) is 4.00. The second-order valence-electron chi connectivity index (χ2n) is 7.38. The second-order valence-corrected chi connectivity index (χ2v) is 7.38. The van der Waals surface area contributed by atoms with Crippen LogP contribution in [0, 0.1) is 6.92 Å². The van der Waals surface area contributed by atoms with Gasteiger partial charge in [0, 0.05) is 44.0 Å². The summed E-state index contributed by atoms with van der Waals surface area (Å²) in [4.78, 5) is 26.6. The summed E-state index contributed by atoms with van der Waals surface area (Å²) in [5.41, 5.74) is 2.64. The number of likely N-dealkylation sites (tertiary alicyclic amines) is 1. The minimum Gasteiger partial charge on any atom is -0.347 e. The van der Waals surface area contributed by atoms with E-state index < -0.39 is 5.79 Å². The molecule has 2 saturated heterocycles. The number of hydrogen-bond acceptors (Lipinski definition) is 5. The molecule has 7 nitrogen and oxygen atoms in total. The maximum atomic E-state index is 12.6. The summed E-state index contributed by atoms with van der Waals surface area (Å²) < 4.78 is 12.8. The lowest BCUT2D eigenvalue weighted by molar-refractivity contribution is -0.187. The van der Waals surface area contributed by atoms with Gasteiger partial charge in [0.2, 0.25) is 5.91 Å². The minimum absolute atomic E-state index is 0.0299. The summed E-state index contributed by atoms with van der Waals surface area (Å²) in [7, 11) is 0. The van der Waals surface area contributed by atoms with Crippen molar-refractivity contribution >= 4 is 5.91 Å². The van der Waals surface area contributed by atoms with E-state index in [4.69, 9.17) is 9.47 Å². The molecule has 1 spiro atoms. The van der Waals surface area contributed by atoms with E-state index in [-0.39, 0.29) is 24.4 Å². The van der Waals surface area contributed by atoms with Crippen molar-refractivity contribution in [2.24, 2.45) is 0 Å². The maximum Gasteiger partial charge on any atom is 0.266 e. The van der Waals surface area contributed by atoms with Crippen molar-refractivity contribution in [3.05, 3.63) is 52.3 Å². The Labute approximate surface area is 163 Å². The van der Waals surface area contributed by atoms with Crippen molar-refractivity contribution in [2.75, 3.05) is 26.3 Å². The monoisotopic (exact) mass is 383 g/mol. The molecule has 0 unspecified atom stereocenters. The van der Waals surface area contributed by atoms with Gasteiger partial charge in [-0.1, -0.05) is 29.8 Å². The standard InChI is InChI=1S/C21H25N3O4/c1-16-2-4-17(5-3-16)18-6-7-20(26)24(22-18)11-8-19(25)23-12-9-21(10-13-23)27-14-15-28-21/h2-7H,8-15H2,1H3. The molecule has 0 bridgehead atoms. The van der Waals surface area contributed by atoms with E-state index in [1.165, 1.54) is 16.3 Å². The number of carbonyl (C=O) groups excluding carboxylic acids is 1. The highest BCUT2D eigenvalue weighted by Gasteiger charge is 2.40. The largest absolute Gasteiger partial charge is 0.347 e. The number of aryl methyl sites for hydroxylation is 2. The number of carbonyl (C=O) groups is 1. The Hall–Kier alpha value is -2.51. The molecule has 0 aliphatic carbocycles. The highest BCUT2D eigenvalue weighted by atomic mass is 16.7. The molecule has 2 aliphatic heterocycles. The Morgan fingerprint density at radius 1 is 1.07 bits per heavy atom. The van der Waals surface area contributed by atoms with Crippen LogP contribution in [0.15, 0.2) is 41.2 Å². The predicted molar refractivity (Wildman–Crippen MR) is 104 cm³/mol. The lowest BCUT2D eigenvalue weighted by atomic mass is 10.0. The number of amides is 1. The van der Waals surface area contributed by atoms with Crippen molar-refractivity contribution in [2.45, 2.75) is 38.5 Å². The van der Waals surface area contributed by atoms with Crippen molar-refractivity contribution < 1.29 is 14.3 Å². The van der Waals surface area contributed by atoms with Crippen molar-refractivity contribution in [1.82, 2.24) is 14.7 Å². The van der Waals surface area contributed by atoms with Gasteiger partial charge in [-0.2, -0.15) is 5.10 Å². The molecular formula is C21H25N3O4. The van der Waals surface area contributed by atoms with Crippen molar-refractivity contribution in [1.29, 1.82) is 0 Å². The average molecular weight is 383 g/mol. The molecule has 0 atom stereocenters. The molecule has 0 radical (unpaired) electrons. The fourth-order valence-electron chi connectivity index (χ4n) is 3.73. The first-order chi connectivity index (χ1) is 13.5. The first kappa shape index (κ1) is 18.8. The first-order valence-electron chi connectivity index (χ1n) is 9.76. The molecule has 0 N–H and O–H groups in total.